The van der Waals surface area contributed by atoms with Crippen molar-refractivity contribution in [1.29, 1.82) is 0 Å². The third kappa shape index (κ3) is 5.97. The van der Waals surface area contributed by atoms with E-state index >= 15 is 0 Å². The standard InChI is InChI=1S/C10H20N2O2.ClH/c1-3-8(2)12-10(13)4-5-14-9-6-11-7-9;/h8-9,11H,3-7H2,1-2H3,(H,12,13);1H. The van der Waals surface area contributed by atoms with Crippen LogP contribution in [-0.2, 0) is 9.53 Å². The molecular formula is C10H21ClN2O2. The average molecular weight is 237 g/mol. The molecule has 0 aliphatic carbocycles. The van der Waals surface area contributed by atoms with Gasteiger partial charge in [0.15, 0.2) is 0 Å². The summed E-state index contributed by atoms with van der Waals surface area (Å²) in [4.78, 5) is 11.3. The Morgan fingerprint density at radius 3 is 2.73 bits per heavy atom. The summed E-state index contributed by atoms with van der Waals surface area (Å²) >= 11 is 0. The highest BCUT2D eigenvalue weighted by atomic mass is 35.5. The molecule has 1 atom stereocenters. The largest absolute Gasteiger partial charge is 0.375 e. The molecule has 90 valence electrons. The summed E-state index contributed by atoms with van der Waals surface area (Å²) in [5, 5.41) is 6.02. The lowest BCUT2D eigenvalue weighted by Crippen LogP contribution is -2.48. The van der Waals surface area contributed by atoms with E-state index in [9.17, 15) is 4.79 Å². The predicted octanol–water partition coefficient (Wildman–Crippen LogP) is 0.701. The van der Waals surface area contributed by atoms with E-state index in [-0.39, 0.29) is 24.4 Å². The molecule has 1 saturated heterocycles. The molecule has 1 aliphatic rings. The molecule has 4 nitrogen and oxygen atoms in total. The molecule has 5 heteroatoms. The summed E-state index contributed by atoms with van der Waals surface area (Å²) < 4.78 is 5.44. The maximum Gasteiger partial charge on any atom is 0.222 e. The first-order valence-electron chi connectivity index (χ1n) is 5.34. The van der Waals surface area contributed by atoms with Crippen molar-refractivity contribution in [2.75, 3.05) is 19.7 Å². The lowest BCUT2D eigenvalue weighted by molar-refractivity contribution is -0.123. The van der Waals surface area contributed by atoms with Gasteiger partial charge in [-0.1, -0.05) is 6.92 Å². The van der Waals surface area contributed by atoms with Crippen LogP contribution in [0, 0.1) is 0 Å². The van der Waals surface area contributed by atoms with Gasteiger partial charge in [0.1, 0.15) is 0 Å². The van der Waals surface area contributed by atoms with Gasteiger partial charge in [0.2, 0.25) is 5.91 Å². The monoisotopic (exact) mass is 236 g/mol. The second-order valence-corrected chi connectivity index (χ2v) is 3.78. The van der Waals surface area contributed by atoms with Gasteiger partial charge in [0.05, 0.1) is 12.7 Å². The second kappa shape index (κ2) is 7.91. The molecule has 2 N–H and O–H groups in total. The molecule has 0 aromatic rings. The number of carbonyl (C=O) groups excluding carboxylic acids is 1. The summed E-state index contributed by atoms with van der Waals surface area (Å²) in [6, 6.07) is 0.271. The first kappa shape index (κ1) is 14.7. The number of hydrogen-bond donors (Lipinski definition) is 2. The van der Waals surface area contributed by atoms with E-state index < -0.39 is 0 Å². The lowest BCUT2D eigenvalue weighted by Gasteiger charge is -2.27. The average Bonchev–Trinajstić information content (AvgIpc) is 2.09. The topological polar surface area (TPSA) is 50.4 Å². The minimum absolute atomic E-state index is 0. The van der Waals surface area contributed by atoms with Crippen molar-refractivity contribution in [3.8, 4) is 0 Å². The van der Waals surface area contributed by atoms with E-state index in [4.69, 9.17) is 4.74 Å². The summed E-state index contributed by atoms with van der Waals surface area (Å²) in [6.07, 6.45) is 1.77. The number of halogens is 1. The number of rotatable bonds is 6. The zero-order chi connectivity index (χ0) is 10.4. The quantitative estimate of drug-likeness (QED) is 0.714. The van der Waals surface area contributed by atoms with Gasteiger partial charge < -0.3 is 15.4 Å². The van der Waals surface area contributed by atoms with Crippen molar-refractivity contribution < 1.29 is 9.53 Å². The van der Waals surface area contributed by atoms with Crippen LogP contribution in [0.4, 0.5) is 0 Å². The van der Waals surface area contributed by atoms with Crippen LogP contribution in [0.2, 0.25) is 0 Å². The Bertz CT molecular complexity index is 186. The van der Waals surface area contributed by atoms with Gasteiger partial charge in [-0.2, -0.15) is 0 Å². The van der Waals surface area contributed by atoms with Crippen LogP contribution in [0.15, 0.2) is 0 Å². The normalized spacial score (nSPS) is 17.5. The fourth-order valence-corrected chi connectivity index (χ4v) is 1.15. The fourth-order valence-electron chi connectivity index (χ4n) is 1.15. The highest BCUT2D eigenvalue weighted by Crippen LogP contribution is 1.99. The number of nitrogens with one attached hydrogen (secondary N) is 2. The predicted molar refractivity (Wildman–Crippen MR) is 62.4 cm³/mol. The first-order chi connectivity index (χ1) is 6.72. The smallest absolute Gasteiger partial charge is 0.222 e. The molecule has 0 spiro atoms. The van der Waals surface area contributed by atoms with Gasteiger partial charge in [-0.15, -0.1) is 12.4 Å². The zero-order valence-electron chi connectivity index (χ0n) is 9.41. The summed E-state index contributed by atoms with van der Waals surface area (Å²) in [6.45, 7) is 6.45. The molecule has 15 heavy (non-hydrogen) atoms. The number of ether oxygens (including phenoxy) is 1. The Balaban J connectivity index is 0.00000196. The molecule has 0 saturated carbocycles. The van der Waals surface area contributed by atoms with Crippen LogP contribution in [0.5, 0.6) is 0 Å². The maximum absolute atomic E-state index is 11.3. The van der Waals surface area contributed by atoms with E-state index in [2.05, 4.69) is 17.6 Å². The summed E-state index contributed by atoms with van der Waals surface area (Å²) in [5.41, 5.74) is 0. The number of amides is 1. The van der Waals surface area contributed by atoms with Crippen molar-refractivity contribution in [3.05, 3.63) is 0 Å². The van der Waals surface area contributed by atoms with Crippen LogP contribution in [-0.4, -0.2) is 37.7 Å². The van der Waals surface area contributed by atoms with Crippen LogP contribution in [0.25, 0.3) is 0 Å². The van der Waals surface area contributed by atoms with Gasteiger partial charge >= 0.3 is 0 Å². The zero-order valence-corrected chi connectivity index (χ0v) is 10.2. The van der Waals surface area contributed by atoms with Crippen molar-refractivity contribution in [2.45, 2.75) is 38.8 Å². The third-order valence-corrected chi connectivity index (χ3v) is 2.45. The van der Waals surface area contributed by atoms with Gasteiger partial charge in [-0.05, 0) is 13.3 Å². The van der Waals surface area contributed by atoms with E-state index in [0.29, 0.717) is 19.1 Å². The van der Waals surface area contributed by atoms with Crippen LogP contribution >= 0.6 is 12.4 Å². The highest BCUT2D eigenvalue weighted by molar-refractivity contribution is 5.85. The highest BCUT2D eigenvalue weighted by Gasteiger charge is 2.17. The van der Waals surface area contributed by atoms with E-state index in [1.807, 2.05) is 6.92 Å². The van der Waals surface area contributed by atoms with Gasteiger partial charge in [0.25, 0.3) is 0 Å². The fraction of sp³-hybridized carbons (Fsp3) is 0.900. The van der Waals surface area contributed by atoms with E-state index in [1.165, 1.54) is 0 Å². The minimum Gasteiger partial charge on any atom is -0.375 e. The Morgan fingerprint density at radius 2 is 2.27 bits per heavy atom. The van der Waals surface area contributed by atoms with Crippen molar-refractivity contribution in [1.82, 2.24) is 10.6 Å². The maximum atomic E-state index is 11.3. The van der Waals surface area contributed by atoms with Crippen LogP contribution < -0.4 is 10.6 Å². The van der Waals surface area contributed by atoms with Crippen molar-refractivity contribution in [2.24, 2.45) is 0 Å². The molecule has 0 aromatic carbocycles. The Labute approximate surface area is 97.5 Å². The molecule has 1 heterocycles. The molecule has 1 unspecified atom stereocenters. The molecule has 1 aliphatic heterocycles. The Morgan fingerprint density at radius 1 is 1.60 bits per heavy atom. The van der Waals surface area contributed by atoms with Crippen molar-refractivity contribution >= 4 is 18.3 Å². The van der Waals surface area contributed by atoms with Gasteiger partial charge in [-0.3, -0.25) is 4.79 Å². The number of carbonyl (C=O) groups is 1. The van der Waals surface area contributed by atoms with Gasteiger partial charge in [-0.25, -0.2) is 0 Å². The molecule has 0 radical (unpaired) electrons. The van der Waals surface area contributed by atoms with E-state index in [1.54, 1.807) is 0 Å². The molecular weight excluding hydrogens is 216 g/mol. The molecule has 0 bridgehead atoms. The molecule has 0 aromatic heterocycles. The Kier molecular flexibility index (Phi) is 7.74. The third-order valence-electron chi connectivity index (χ3n) is 2.45. The van der Waals surface area contributed by atoms with Crippen LogP contribution in [0.1, 0.15) is 26.7 Å². The number of hydrogen-bond acceptors (Lipinski definition) is 3. The molecule has 1 amide bonds. The molecule has 1 rings (SSSR count). The van der Waals surface area contributed by atoms with Crippen molar-refractivity contribution in [3.63, 3.8) is 0 Å². The SMILES string of the molecule is CCC(C)NC(=O)CCOC1CNC1.Cl. The lowest BCUT2D eigenvalue weighted by atomic mass is 10.2. The van der Waals surface area contributed by atoms with Crippen LogP contribution in [0.3, 0.4) is 0 Å². The summed E-state index contributed by atoms with van der Waals surface area (Å²) in [5.74, 6) is 0.0895. The summed E-state index contributed by atoms with van der Waals surface area (Å²) in [7, 11) is 0. The first-order valence-corrected chi connectivity index (χ1v) is 5.34. The van der Waals surface area contributed by atoms with Gasteiger partial charge in [0, 0.05) is 25.6 Å². The second-order valence-electron chi connectivity index (χ2n) is 3.78. The Hall–Kier alpha value is -0.320. The minimum atomic E-state index is 0. The molecule has 1 fully saturated rings. The van der Waals surface area contributed by atoms with E-state index in [0.717, 1.165) is 19.5 Å².